The Bertz CT molecular complexity index is 1120. The highest BCUT2D eigenvalue weighted by atomic mass is 35.5. The summed E-state index contributed by atoms with van der Waals surface area (Å²) in [6.45, 7) is 2.02. The molecule has 0 fully saturated rings. The fourth-order valence-electron chi connectivity index (χ4n) is 2.66. The Balaban J connectivity index is 1.52. The summed E-state index contributed by atoms with van der Waals surface area (Å²) in [7, 11) is 0. The predicted molar refractivity (Wildman–Crippen MR) is 119 cm³/mol. The SMILES string of the molecule is Cc1ccc(Cl)cc1Nc1nc(-c2cccc(NC(=O)c3cccs3)c2)cs1. The number of rotatable bonds is 5. The van der Waals surface area contributed by atoms with Gasteiger partial charge in [0.25, 0.3) is 5.91 Å². The number of nitrogens with one attached hydrogen (secondary N) is 2. The van der Waals surface area contributed by atoms with Crippen LogP contribution in [-0.2, 0) is 0 Å². The number of carbonyl (C=O) groups is 1. The van der Waals surface area contributed by atoms with E-state index < -0.39 is 0 Å². The summed E-state index contributed by atoms with van der Waals surface area (Å²) in [5.41, 5.74) is 4.56. The average molecular weight is 426 g/mol. The maximum absolute atomic E-state index is 12.3. The number of carbonyl (C=O) groups excluding carboxylic acids is 1. The van der Waals surface area contributed by atoms with Crippen molar-refractivity contribution < 1.29 is 4.79 Å². The third kappa shape index (κ3) is 4.25. The van der Waals surface area contributed by atoms with Crippen molar-refractivity contribution in [1.29, 1.82) is 0 Å². The van der Waals surface area contributed by atoms with Crippen LogP contribution >= 0.6 is 34.3 Å². The first-order valence-corrected chi connectivity index (χ1v) is 10.7. The van der Waals surface area contributed by atoms with Crippen molar-refractivity contribution in [3.63, 3.8) is 0 Å². The van der Waals surface area contributed by atoms with Crippen LogP contribution in [0.3, 0.4) is 0 Å². The molecule has 0 aliphatic heterocycles. The van der Waals surface area contributed by atoms with Gasteiger partial charge in [-0.2, -0.15) is 0 Å². The number of thiazole rings is 1. The number of anilines is 3. The van der Waals surface area contributed by atoms with Crippen molar-refractivity contribution in [2.75, 3.05) is 10.6 Å². The molecule has 0 saturated heterocycles. The molecule has 2 aromatic heterocycles. The van der Waals surface area contributed by atoms with Crippen LogP contribution in [0, 0.1) is 6.92 Å². The van der Waals surface area contributed by atoms with Crippen LogP contribution in [0.2, 0.25) is 5.02 Å². The van der Waals surface area contributed by atoms with Gasteiger partial charge in [0.15, 0.2) is 5.13 Å². The van der Waals surface area contributed by atoms with Crippen molar-refractivity contribution >= 4 is 56.7 Å². The zero-order chi connectivity index (χ0) is 19.5. The van der Waals surface area contributed by atoms with Crippen LogP contribution in [0.5, 0.6) is 0 Å². The van der Waals surface area contributed by atoms with Crippen LogP contribution in [0.15, 0.2) is 65.4 Å². The van der Waals surface area contributed by atoms with Gasteiger partial charge in [0, 0.05) is 27.3 Å². The minimum absolute atomic E-state index is 0.107. The lowest BCUT2D eigenvalue weighted by atomic mass is 10.1. The third-order valence-corrected chi connectivity index (χ3v) is 5.97. The average Bonchev–Trinajstić information content (AvgIpc) is 3.37. The van der Waals surface area contributed by atoms with Crippen molar-refractivity contribution in [3.05, 3.63) is 80.8 Å². The van der Waals surface area contributed by atoms with Crippen LogP contribution in [0.4, 0.5) is 16.5 Å². The van der Waals surface area contributed by atoms with E-state index in [1.165, 1.54) is 22.7 Å². The lowest BCUT2D eigenvalue weighted by molar-refractivity contribution is 0.103. The van der Waals surface area contributed by atoms with Crippen LogP contribution in [0.1, 0.15) is 15.2 Å². The minimum atomic E-state index is -0.107. The molecule has 2 aromatic carbocycles. The van der Waals surface area contributed by atoms with E-state index in [1.807, 2.05) is 66.2 Å². The molecule has 2 heterocycles. The Hall–Kier alpha value is -2.67. The van der Waals surface area contributed by atoms with Gasteiger partial charge in [0.1, 0.15) is 0 Å². The maximum Gasteiger partial charge on any atom is 0.265 e. The molecule has 0 bridgehead atoms. The quantitative estimate of drug-likeness (QED) is 0.368. The Morgan fingerprint density at radius 1 is 1.07 bits per heavy atom. The number of hydrogen-bond acceptors (Lipinski definition) is 5. The largest absolute Gasteiger partial charge is 0.331 e. The molecule has 0 atom stereocenters. The standard InChI is InChI=1S/C21H16ClN3OS2/c1-13-7-8-15(22)11-17(13)24-21-25-18(12-28-21)14-4-2-5-16(10-14)23-20(26)19-6-3-9-27-19/h2-12H,1H3,(H,23,26)(H,24,25). The van der Waals surface area contributed by atoms with Gasteiger partial charge < -0.3 is 10.6 Å². The first-order chi connectivity index (χ1) is 13.6. The van der Waals surface area contributed by atoms with E-state index in [0.29, 0.717) is 9.90 Å². The zero-order valence-corrected chi connectivity index (χ0v) is 17.3. The number of aromatic nitrogens is 1. The van der Waals surface area contributed by atoms with Gasteiger partial charge in [-0.25, -0.2) is 4.98 Å². The molecule has 0 aliphatic rings. The number of thiophene rings is 1. The molecule has 4 rings (SSSR count). The van der Waals surface area contributed by atoms with E-state index in [2.05, 4.69) is 15.6 Å². The molecule has 0 radical (unpaired) electrons. The highest BCUT2D eigenvalue weighted by Gasteiger charge is 2.10. The number of hydrogen-bond donors (Lipinski definition) is 2. The number of aryl methyl sites for hydroxylation is 1. The van der Waals surface area contributed by atoms with E-state index >= 15 is 0 Å². The van der Waals surface area contributed by atoms with Gasteiger partial charge in [0.05, 0.1) is 10.6 Å². The monoisotopic (exact) mass is 425 g/mol. The molecule has 4 nitrogen and oxygen atoms in total. The van der Waals surface area contributed by atoms with Gasteiger partial charge in [-0.3, -0.25) is 4.79 Å². The summed E-state index contributed by atoms with van der Waals surface area (Å²) in [6, 6.07) is 17.1. The molecule has 28 heavy (non-hydrogen) atoms. The minimum Gasteiger partial charge on any atom is -0.331 e. The van der Waals surface area contributed by atoms with Gasteiger partial charge in [-0.15, -0.1) is 22.7 Å². The Kier molecular flexibility index (Phi) is 5.43. The molecule has 2 N–H and O–H groups in total. The summed E-state index contributed by atoms with van der Waals surface area (Å²) in [4.78, 5) is 17.6. The zero-order valence-electron chi connectivity index (χ0n) is 14.9. The Morgan fingerprint density at radius 2 is 1.96 bits per heavy atom. The van der Waals surface area contributed by atoms with E-state index in [1.54, 1.807) is 6.07 Å². The summed E-state index contributed by atoms with van der Waals surface area (Å²) in [5.74, 6) is -0.107. The fourth-order valence-corrected chi connectivity index (χ4v) is 4.19. The second-order valence-corrected chi connectivity index (χ2v) is 8.38. The highest BCUT2D eigenvalue weighted by molar-refractivity contribution is 7.14. The predicted octanol–water partition coefficient (Wildman–Crippen LogP) is 6.83. The van der Waals surface area contributed by atoms with E-state index in [9.17, 15) is 4.79 Å². The number of benzene rings is 2. The van der Waals surface area contributed by atoms with Gasteiger partial charge in [-0.05, 0) is 48.2 Å². The molecule has 140 valence electrons. The second-order valence-electron chi connectivity index (χ2n) is 6.13. The van der Waals surface area contributed by atoms with Gasteiger partial charge in [0.2, 0.25) is 0 Å². The first-order valence-electron chi connectivity index (χ1n) is 8.52. The molecule has 0 spiro atoms. The summed E-state index contributed by atoms with van der Waals surface area (Å²) < 4.78 is 0. The Labute approximate surface area is 175 Å². The summed E-state index contributed by atoms with van der Waals surface area (Å²) in [5, 5.41) is 11.6. The van der Waals surface area contributed by atoms with Crippen molar-refractivity contribution in [1.82, 2.24) is 4.98 Å². The first kappa shape index (κ1) is 18.7. The van der Waals surface area contributed by atoms with Crippen molar-refractivity contribution in [3.8, 4) is 11.3 Å². The smallest absolute Gasteiger partial charge is 0.265 e. The molecule has 4 aromatic rings. The van der Waals surface area contributed by atoms with Crippen LogP contribution in [-0.4, -0.2) is 10.9 Å². The normalized spacial score (nSPS) is 10.6. The third-order valence-electron chi connectivity index (χ3n) is 4.11. The molecule has 0 saturated carbocycles. The van der Waals surface area contributed by atoms with Gasteiger partial charge >= 0.3 is 0 Å². The van der Waals surface area contributed by atoms with E-state index in [-0.39, 0.29) is 5.91 Å². The molecular formula is C21H16ClN3OS2. The lowest BCUT2D eigenvalue weighted by Crippen LogP contribution is -2.09. The summed E-state index contributed by atoms with van der Waals surface area (Å²) >= 11 is 9.03. The van der Waals surface area contributed by atoms with E-state index in [0.717, 1.165) is 33.3 Å². The molecular weight excluding hydrogens is 410 g/mol. The lowest BCUT2D eigenvalue weighted by Gasteiger charge is -2.07. The van der Waals surface area contributed by atoms with Crippen molar-refractivity contribution in [2.24, 2.45) is 0 Å². The molecule has 0 aliphatic carbocycles. The summed E-state index contributed by atoms with van der Waals surface area (Å²) in [6.07, 6.45) is 0. The van der Waals surface area contributed by atoms with Crippen molar-refractivity contribution in [2.45, 2.75) is 6.92 Å². The molecule has 7 heteroatoms. The molecule has 0 unspecified atom stereocenters. The van der Waals surface area contributed by atoms with Crippen LogP contribution < -0.4 is 10.6 Å². The number of amides is 1. The fraction of sp³-hybridized carbons (Fsp3) is 0.0476. The topological polar surface area (TPSA) is 54.0 Å². The number of nitrogens with zero attached hydrogens (tertiary/aromatic N) is 1. The second kappa shape index (κ2) is 8.14. The highest BCUT2D eigenvalue weighted by Crippen LogP contribution is 2.30. The molecule has 1 amide bonds. The van der Waals surface area contributed by atoms with E-state index in [4.69, 9.17) is 11.6 Å². The number of halogens is 1. The van der Waals surface area contributed by atoms with Gasteiger partial charge in [-0.1, -0.05) is 35.9 Å². The maximum atomic E-state index is 12.3. The van der Waals surface area contributed by atoms with Crippen LogP contribution in [0.25, 0.3) is 11.3 Å². The Morgan fingerprint density at radius 3 is 2.79 bits per heavy atom.